The zero-order valence-electron chi connectivity index (χ0n) is 17.0. The molecule has 7 heteroatoms. The summed E-state index contributed by atoms with van der Waals surface area (Å²) in [5, 5.41) is 16.9. The highest BCUT2D eigenvalue weighted by molar-refractivity contribution is 5.97. The topological polar surface area (TPSA) is 94.6 Å². The maximum Gasteiger partial charge on any atom is 0.246 e. The average molecular weight is 416 g/mol. The van der Waals surface area contributed by atoms with Crippen LogP contribution >= 0.6 is 0 Å². The minimum atomic E-state index is -0.575. The molecule has 5 rings (SSSR count). The molecule has 2 aliphatic rings. The molecule has 2 saturated heterocycles. The zero-order chi connectivity index (χ0) is 21.4. The van der Waals surface area contributed by atoms with Crippen LogP contribution in [0.25, 0.3) is 10.9 Å². The second kappa shape index (κ2) is 8.00. The number of para-hydroxylation sites is 1. The van der Waals surface area contributed by atoms with Gasteiger partial charge < -0.3 is 20.6 Å². The fraction of sp³-hybridized carbons (Fsp3) is 0.292. The fourth-order valence-electron chi connectivity index (χ4n) is 4.58. The summed E-state index contributed by atoms with van der Waals surface area (Å²) < 4.78 is 0. The predicted octanol–water partition coefficient (Wildman–Crippen LogP) is 1.74. The summed E-state index contributed by atoms with van der Waals surface area (Å²) in [6.45, 7) is 1.15. The third-order valence-corrected chi connectivity index (χ3v) is 6.18. The molecule has 3 N–H and O–H groups in total. The van der Waals surface area contributed by atoms with Gasteiger partial charge in [-0.2, -0.15) is 0 Å². The molecule has 3 aromatic rings. The normalized spacial score (nSPS) is 23.1. The van der Waals surface area contributed by atoms with Gasteiger partial charge >= 0.3 is 0 Å². The van der Waals surface area contributed by atoms with E-state index in [-0.39, 0.29) is 23.6 Å². The Kier molecular flexibility index (Phi) is 5.03. The van der Waals surface area contributed by atoms with Crippen LogP contribution in [0.4, 0.5) is 0 Å². The first-order valence-electron chi connectivity index (χ1n) is 10.5. The summed E-state index contributed by atoms with van der Waals surface area (Å²) in [4.78, 5) is 31.9. The molecule has 0 radical (unpaired) electrons. The number of nitrogens with one attached hydrogen (secondary N) is 2. The van der Waals surface area contributed by atoms with Crippen molar-refractivity contribution in [3.8, 4) is 5.75 Å². The quantitative estimate of drug-likeness (QED) is 0.589. The highest BCUT2D eigenvalue weighted by Gasteiger charge is 2.46. The number of aromatic hydroxyl groups is 1. The number of hydrogen-bond acceptors (Lipinski definition) is 5. The largest absolute Gasteiger partial charge is 0.508 e. The molecule has 2 aliphatic heterocycles. The molecule has 0 unspecified atom stereocenters. The molecule has 7 nitrogen and oxygen atoms in total. The van der Waals surface area contributed by atoms with Crippen molar-refractivity contribution in [3.63, 3.8) is 0 Å². The summed E-state index contributed by atoms with van der Waals surface area (Å²) >= 11 is 0. The Labute approximate surface area is 180 Å². The molecule has 0 saturated carbocycles. The van der Waals surface area contributed by atoms with Gasteiger partial charge in [-0.15, -0.1) is 0 Å². The van der Waals surface area contributed by atoms with Gasteiger partial charge in [0, 0.05) is 37.1 Å². The summed E-state index contributed by atoms with van der Waals surface area (Å²) in [6.07, 6.45) is 2.80. The lowest BCUT2D eigenvalue weighted by Crippen LogP contribution is -2.61. The molecule has 0 aliphatic carbocycles. The van der Waals surface area contributed by atoms with Crippen LogP contribution in [-0.4, -0.2) is 51.5 Å². The number of carbonyl (C=O) groups excluding carboxylic acids is 2. The standard InChI is InChI=1S/C24H24N4O3/c29-19-8-6-15(7-9-19)11-20-24(31)28-14-18(12-21(28)23(30)27-20)26-13-17-4-1-3-16-5-2-10-25-22(16)17/h1-10,18,20-21,26,29H,11-14H2,(H,27,30)/t18-,20+,21-/m0/s1. The summed E-state index contributed by atoms with van der Waals surface area (Å²) in [5.74, 6) is 0.0333. The number of rotatable bonds is 5. The monoisotopic (exact) mass is 416 g/mol. The number of nitrogens with zero attached hydrogens (tertiary/aromatic N) is 2. The molecule has 158 valence electrons. The van der Waals surface area contributed by atoms with E-state index in [4.69, 9.17) is 0 Å². The van der Waals surface area contributed by atoms with Gasteiger partial charge in [-0.3, -0.25) is 14.6 Å². The van der Waals surface area contributed by atoms with Gasteiger partial charge in [-0.25, -0.2) is 0 Å². The maximum atomic E-state index is 13.0. The SMILES string of the molecule is O=C1N[C@H](Cc2ccc(O)cc2)C(=O)N2C[C@@H](NCc3cccc4cccnc34)C[C@@H]12. The summed E-state index contributed by atoms with van der Waals surface area (Å²) in [6, 6.07) is 15.8. The number of phenols is 1. The first-order chi connectivity index (χ1) is 15.1. The van der Waals surface area contributed by atoms with Gasteiger partial charge in [0.25, 0.3) is 0 Å². The van der Waals surface area contributed by atoms with Gasteiger partial charge in [-0.1, -0.05) is 36.4 Å². The number of benzene rings is 2. The van der Waals surface area contributed by atoms with Gasteiger partial charge in [0.15, 0.2) is 0 Å². The van der Waals surface area contributed by atoms with Crippen molar-refractivity contribution >= 4 is 22.7 Å². The maximum absolute atomic E-state index is 13.0. The molecule has 2 amide bonds. The Bertz CT molecular complexity index is 1130. The molecule has 3 atom stereocenters. The molecular weight excluding hydrogens is 392 g/mol. The second-order valence-electron chi connectivity index (χ2n) is 8.24. The number of piperazine rings is 1. The number of aromatic nitrogens is 1. The Morgan fingerprint density at radius 3 is 2.74 bits per heavy atom. The highest BCUT2D eigenvalue weighted by Crippen LogP contribution is 2.25. The van der Waals surface area contributed by atoms with Gasteiger partial charge in [-0.05, 0) is 35.7 Å². The minimum Gasteiger partial charge on any atom is -0.508 e. The molecule has 31 heavy (non-hydrogen) atoms. The van der Waals surface area contributed by atoms with Crippen LogP contribution in [0.2, 0.25) is 0 Å². The van der Waals surface area contributed by atoms with Gasteiger partial charge in [0.1, 0.15) is 17.8 Å². The van der Waals surface area contributed by atoms with E-state index in [2.05, 4.69) is 21.7 Å². The number of hydrogen-bond donors (Lipinski definition) is 3. The Balaban J connectivity index is 1.25. The first-order valence-corrected chi connectivity index (χ1v) is 10.5. The molecule has 1 aromatic heterocycles. The van der Waals surface area contributed by atoms with Crippen LogP contribution in [0.15, 0.2) is 60.8 Å². The van der Waals surface area contributed by atoms with E-state index in [1.54, 1.807) is 35.4 Å². The van der Waals surface area contributed by atoms with Crippen molar-refractivity contribution in [3.05, 3.63) is 71.9 Å². The molecule has 2 fully saturated rings. The van der Waals surface area contributed by atoms with Crippen molar-refractivity contribution < 1.29 is 14.7 Å². The lowest BCUT2D eigenvalue weighted by atomic mass is 10.0. The fourth-order valence-corrected chi connectivity index (χ4v) is 4.58. The first kappa shape index (κ1) is 19.5. The third-order valence-electron chi connectivity index (χ3n) is 6.18. The van der Waals surface area contributed by atoms with E-state index in [0.717, 1.165) is 22.0 Å². The number of pyridine rings is 1. The van der Waals surface area contributed by atoms with Crippen molar-refractivity contribution in [1.29, 1.82) is 0 Å². The van der Waals surface area contributed by atoms with Gasteiger partial charge in [0.2, 0.25) is 11.8 Å². The average Bonchev–Trinajstić information content (AvgIpc) is 3.22. The molecule has 2 aromatic carbocycles. The van der Waals surface area contributed by atoms with Crippen molar-refractivity contribution in [2.75, 3.05) is 6.54 Å². The lowest BCUT2D eigenvalue weighted by molar-refractivity contribution is -0.147. The van der Waals surface area contributed by atoms with Gasteiger partial charge in [0.05, 0.1) is 5.52 Å². The van der Waals surface area contributed by atoms with Crippen LogP contribution in [0.3, 0.4) is 0 Å². The van der Waals surface area contributed by atoms with E-state index in [1.807, 2.05) is 24.3 Å². The second-order valence-corrected chi connectivity index (χ2v) is 8.24. The van der Waals surface area contributed by atoms with Crippen LogP contribution in [0.1, 0.15) is 17.5 Å². The van der Waals surface area contributed by atoms with Crippen LogP contribution in [0.5, 0.6) is 5.75 Å². The third kappa shape index (κ3) is 3.84. The van der Waals surface area contributed by atoms with Crippen molar-refractivity contribution in [2.24, 2.45) is 0 Å². The number of amides is 2. The van der Waals surface area contributed by atoms with Crippen molar-refractivity contribution in [1.82, 2.24) is 20.5 Å². The summed E-state index contributed by atoms with van der Waals surface area (Å²) in [7, 11) is 0. The Morgan fingerprint density at radius 1 is 1.10 bits per heavy atom. The zero-order valence-corrected chi connectivity index (χ0v) is 17.0. The smallest absolute Gasteiger partial charge is 0.246 e. The van der Waals surface area contributed by atoms with Crippen LogP contribution in [0, 0.1) is 0 Å². The van der Waals surface area contributed by atoms with E-state index in [0.29, 0.717) is 25.9 Å². The van der Waals surface area contributed by atoms with Crippen LogP contribution in [-0.2, 0) is 22.6 Å². The molecular formula is C24H24N4O3. The van der Waals surface area contributed by atoms with Crippen molar-refractivity contribution in [2.45, 2.75) is 37.5 Å². The van der Waals surface area contributed by atoms with E-state index in [9.17, 15) is 14.7 Å². The molecule has 3 heterocycles. The lowest BCUT2D eigenvalue weighted by Gasteiger charge is -2.34. The van der Waals surface area contributed by atoms with E-state index in [1.165, 1.54) is 0 Å². The Morgan fingerprint density at radius 2 is 1.90 bits per heavy atom. The van der Waals surface area contributed by atoms with E-state index < -0.39 is 12.1 Å². The summed E-state index contributed by atoms with van der Waals surface area (Å²) in [5.41, 5.74) is 2.96. The van der Waals surface area contributed by atoms with Crippen LogP contribution < -0.4 is 10.6 Å². The number of carbonyl (C=O) groups is 2. The van der Waals surface area contributed by atoms with E-state index >= 15 is 0 Å². The molecule has 0 spiro atoms. The Hall–Kier alpha value is -3.45. The number of phenolic OH excluding ortho intramolecular Hbond substituents is 1. The minimum absolute atomic E-state index is 0.0473. The highest BCUT2D eigenvalue weighted by atomic mass is 16.3. The number of fused-ring (bicyclic) bond motifs is 2. The predicted molar refractivity (Wildman–Crippen MR) is 116 cm³/mol. The molecule has 0 bridgehead atoms.